The summed E-state index contributed by atoms with van der Waals surface area (Å²) in [7, 11) is 0. The van der Waals surface area contributed by atoms with Crippen molar-refractivity contribution in [1.29, 1.82) is 0 Å². The summed E-state index contributed by atoms with van der Waals surface area (Å²) in [5.41, 5.74) is 0. The number of unbranched alkanes of at least 4 members (excludes halogenated alkanes) is 2. The standard InChI is InChI=1S/C18H36N4O2/c1-2-3-8-19-18(21-16-17-7-6-13-24-17)20-9-4-5-10-22-11-14-23-15-12-22/h17H,2-16H2,1H3,(H2,19,20,21)/t17-/m0/s1. The quantitative estimate of drug-likeness (QED) is 0.359. The van der Waals surface area contributed by atoms with Crippen LogP contribution < -0.4 is 10.6 Å². The van der Waals surface area contributed by atoms with Crippen LogP contribution in [0.1, 0.15) is 45.4 Å². The van der Waals surface area contributed by atoms with Crippen LogP contribution in [0.5, 0.6) is 0 Å². The SMILES string of the molecule is CCCCNC(=NC[C@@H]1CCCO1)NCCCCN1CCOCC1. The molecule has 0 radical (unpaired) electrons. The smallest absolute Gasteiger partial charge is 0.191 e. The fraction of sp³-hybridized carbons (Fsp3) is 0.944. The number of guanidine groups is 1. The van der Waals surface area contributed by atoms with E-state index >= 15 is 0 Å². The molecule has 0 aliphatic carbocycles. The van der Waals surface area contributed by atoms with E-state index < -0.39 is 0 Å². The molecule has 24 heavy (non-hydrogen) atoms. The first kappa shape index (κ1) is 19.5. The summed E-state index contributed by atoms with van der Waals surface area (Å²) in [6.45, 7) is 11.0. The molecule has 0 bridgehead atoms. The van der Waals surface area contributed by atoms with Crippen LogP contribution in [-0.4, -0.2) is 76.1 Å². The lowest BCUT2D eigenvalue weighted by Gasteiger charge is -2.26. The van der Waals surface area contributed by atoms with E-state index in [4.69, 9.17) is 14.5 Å². The summed E-state index contributed by atoms with van der Waals surface area (Å²) >= 11 is 0. The van der Waals surface area contributed by atoms with Gasteiger partial charge in [-0.05, 0) is 38.6 Å². The van der Waals surface area contributed by atoms with Crippen LogP contribution in [0.4, 0.5) is 0 Å². The van der Waals surface area contributed by atoms with Gasteiger partial charge in [-0.2, -0.15) is 0 Å². The van der Waals surface area contributed by atoms with E-state index in [0.29, 0.717) is 6.10 Å². The topological polar surface area (TPSA) is 58.1 Å². The van der Waals surface area contributed by atoms with Gasteiger partial charge in [-0.15, -0.1) is 0 Å². The predicted octanol–water partition coefficient (Wildman–Crippen LogP) is 1.61. The van der Waals surface area contributed by atoms with E-state index in [1.165, 1.54) is 38.6 Å². The maximum atomic E-state index is 5.66. The van der Waals surface area contributed by atoms with Crippen LogP contribution >= 0.6 is 0 Å². The van der Waals surface area contributed by atoms with Crippen molar-refractivity contribution >= 4 is 5.96 Å². The zero-order valence-corrected chi connectivity index (χ0v) is 15.4. The molecule has 0 unspecified atom stereocenters. The van der Waals surface area contributed by atoms with Crippen LogP contribution in [0.25, 0.3) is 0 Å². The zero-order valence-electron chi connectivity index (χ0n) is 15.4. The van der Waals surface area contributed by atoms with Crippen LogP contribution in [0.3, 0.4) is 0 Å². The first-order chi connectivity index (χ1) is 11.9. The Morgan fingerprint density at radius 1 is 1.08 bits per heavy atom. The maximum absolute atomic E-state index is 5.66. The monoisotopic (exact) mass is 340 g/mol. The van der Waals surface area contributed by atoms with E-state index in [0.717, 1.165) is 64.9 Å². The highest BCUT2D eigenvalue weighted by atomic mass is 16.5. The van der Waals surface area contributed by atoms with Crippen LogP contribution in [-0.2, 0) is 9.47 Å². The molecule has 2 aliphatic rings. The molecule has 2 N–H and O–H groups in total. The number of morpholine rings is 1. The third-order valence-electron chi connectivity index (χ3n) is 4.60. The molecule has 2 heterocycles. The van der Waals surface area contributed by atoms with Gasteiger partial charge in [0.05, 0.1) is 25.9 Å². The molecule has 0 aromatic rings. The number of nitrogens with one attached hydrogen (secondary N) is 2. The molecule has 2 rings (SSSR count). The minimum absolute atomic E-state index is 0.316. The van der Waals surface area contributed by atoms with Crippen molar-refractivity contribution in [2.45, 2.75) is 51.6 Å². The number of aliphatic imine (C=N–C) groups is 1. The molecule has 6 nitrogen and oxygen atoms in total. The number of hydrogen-bond donors (Lipinski definition) is 2. The molecule has 2 aliphatic heterocycles. The first-order valence-electron chi connectivity index (χ1n) is 9.82. The van der Waals surface area contributed by atoms with Crippen molar-refractivity contribution in [2.75, 3.05) is 59.1 Å². The Bertz CT molecular complexity index is 340. The maximum Gasteiger partial charge on any atom is 0.191 e. The van der Waals surface area contributed by atoms with Gasteiger partial charge in [0, 0.05) is 32.8 Å². The highest BCUT2D eigenvalue weighted by Crippen LogP contribution is 2.11. The van der Waals surface area contributed by atoms with E-state index in [9.17, 15) is 0 Å². The average Bonchev–Trinajstić information content (AvgIpc) is 3.13. The second kappa shape index (κ2) is 12.5. The van der Waals surface area contributed by atoms with E-state index in [2.05, 4.69) is 22.5 Å². The minimum Gasteiger partial charge on any atom is -0.379 e. The van der Waals surface area contributed by atoms with Gasteiger partial charge >= 0.3 is 0 Å². The van der Waals surface area contributed by atoms with Crippen molar-refractivity contribution in [3.05, 3.63) is 0 Å². The molecule has 2 fully saturated rings. The average molecular weight is 341 g/mol. The Labute approximate surface area is 147 Å². The van der Waals surface area contributed by atoms with Crippen molar-refractivity contribution in [2.24, 2.45) is 4.99 Å². The largest absolute Gasteiger partial charge is 0.379 e. The second-order valence-electron chi connectivity index (χ2n) is 6.69. The normalized spacial score (nSPS) is 22.7. The molecule has 0 aromatic carbocycles. The molecule has 0 spiro atoms. The summed E-state index contributed by atoms with van der Waals surface area (Å²) < 4.78 is 11.0. The summed E-state index contributed by atoms with van der Waals surface area (Å²) in [5, 5.41) is 6.92. The molecule has 1 atom stereocenters. The number of hydrogen-bond acceptors (Lipinski definition) is 4. The van der Waals surface area contributed by atoms with Gasteiger partial charge in [-0.25, -0.2) is 0 Å². The summed E-state index contributed by atoms with van der Waals surface area (Å²) in [6, 6.07) is 0. The lowest BCUT2D eigenvalue weighted by atomic mass is 10.2. The third kappa shape index (κ3) is 8.31. The Hall–Kier alpha value is -0.850. The highest BCUT2D eigenvalue weighted by molar-refractivity contribution is 5.79. The molecular formula is C18H36N4O2. The summed E-state index contributed by atoms with van der Waals surface area (Å²) in [6.07, 6.45) is 7.41. The van der Waals surface area contributed by atoms with Gasteiger partial charge in [0.2, 0.25) is 0 Å². The zero-order chi connectivity index (χ0) is 16.9. The highest BCUT2D eigenvalue weighted by Gasteiger charge is 2.15. The molecule has 0 aromatic heterocycles. The Morgan fingerprint density at radius 3 is 2.58 bits per heavy atom. The lowest BCUT2D eigenvalue weighted by molar-refractivity contribution is 0.0372. The minimum atomic E-state index is 0.316. The molecular weight excluding hydrogens is 304 g/mol. The van der Waals surface area contributed by atoms with E-state index in [1.54, 1.807) is 0 Å². The molecule has 0 amide bonds. The second-order valence-corrected chi connectivity index (χ2v) is 6.69. The Balaban J connectivity index is 1.60. The Morgan fingerprint density at radius 2 is 1.88 bits per heavy atom. The number of nitrogens with zero attached hydrogens (tertiary/aromatic N) is 2. The van der Waals surface area contributed by atoms with E-state index in [-0.39, 0.29) is 0 Å². The fourth-order valence-corrected chi connectivity index (χ4v) is 3.03. The fourth-order valence-electron chi connectivity index (χ4n) is 3.03. The van der Waals surface area contributed by atoms with Gasteiger partial charge < -0.3 is 20.1 Å². The molecule has 2 saturated heterocycles. The molecule has 0 saturated carbocycles. The van der Waals surface area contributed by atoms with Gasteiger partial charge in [0.1, 0.15) is 0 Å². The van der Waals surface area contributed by atoms with Gasteiger partial charge in [-0.3, -0.25) is 9.89 Å². The summed E-state index contributed by atoms with van der Waals surface area (Å²) in [5.74, 6) is 0.949. The molecule has 140 valence electrons. The van der Waals surface area contributed by atoms with Crippen molar-refractivity contribution < 1.29 is 9.47 Å². The van der Waals surface area contributed by atoms with Crippen molar-refractivity contribution in [1.82, 2.24) is 15.5 Å². The van der Waals surface area contributed by atoms with Crippen LogP contribution in [0, 0.1) is 0 Å². The Kier molecular flexibility index (Phi) is 10.1. The number of rotatable bonds is 10. The van der Waals surface area contributed by atoms with Crippen LogP contribution in [0.2, 0.25) is 0 Å². The third-order valence-corrected chi connectivity index (χ3v) is 4.60. The lowest BCUT2D eigenvalue weighted by Crippen LogP contribution is -2.39. The van der Waals surface area contributed by atoms with E-state index in [1.807, 2.05) is 0 Å². The van der Waals surface area contributed by atoms with Crippen molar-refractivity contribution in [3.8, 4) is 0 Å². The van der Waals surface area contributed by atoms with Gasteiger partial charge in [0.15, 0.2) is 5.96 Å². The van der Waals surface area contributed by atoms with Crippen LogP contribution in [0.15, 0.2) is 4.99 Å². The molecule has 6 heteroatoms. The van der Waals surface area contributed by atoms with Gasteiger partial charge in [0.25, 0.3) is 0 Å². The van der Waals surface area contributed by atoms with Crippen molar-refractivity contribution in [3.63, 3.8) is 0 Å². The summed E-state index contributed by atoms with van der Waals surface area (Å²) in [4.78, 5) is 7.20. The first-order valence-corrected chi connectivity index (χ1v) is 9.82. The van der Waals surface area contributed by atoms with Gasteiger partial charge in [-0.1, -0.05) is 13.3 Å². The number of ether oxygens (including phenoxy) is 2. The predicted molar refractivity (Wildman–Crippen MR) is 98.7 cm³/mol.